The van der Waals surface area contributed by atoms with Crippen molar-refractivity contribution in [2.24, 2.45) is 0 Å². The van der Waals surface area contributed by atoms with Crippen molar-refractivity contribution < 1.29 is 28.2 Å². The van der Waals surface area contributed by atoms with Gasteiger partial charge in [-0.15, -0.1) is 0 Å². The van der Waals surface area contributed by atoms with Crippen molar-refractivity contribution in [3.63, 3.8) is 0 Å². The highest BCUT2D eigenvalue weighted by Crippen LogP contribution is 2.31. The van der Waals surface area contributed by atoms with Gasteiger partial charge in [-0.05, 0) is 49.2 Å². The minimum absolute atomic E-state index is 0.0436. The van der Waals surface area contributed by atoms with Crippen LogP contribution in [-0.2, 0) is 9.53 Å². The molecule has 0 radical (unpaired) electrons. The molecule has 6 nitrogen and oxygen atoms in total. The van der Waals surface area contributed by atoms with Gasteiger partial charge in [0.2, 0.25) is 0 Å². The number of nitrogens with one attached hydrogen (secondary N) is 1. The molecule has 3 rings (SSSR count). The first-order chi connectivity index (χ1) is 16.2. The van der Waals surface area contributed by atoms with Crippen LogP contribution in [0.5, 0.6) is 11.5 Å². The van der Waals surface area contributed by atoms with Gasteiger partial charge in [-0.2, -0.15) is 0 Å². The third-order valence-corrected chi connectivity index (χ3v) is 5.56. The standard InChI is InChI=1S/C25H24F2N2O4S/c1-14(29-24(34)22-23(30)20(32-3)12-13-28-22)25(31)33-15(2)21(16-4-8-18(26)9-5-16)17-6-10-19(27)11-7-17/h4-15,21,30H,1-3H3,(H,29,34)/t14-,15+/m1/s1. The van der Waals surface area contributed by atoms with Crippen molar-refractivity contribution in [3.8, 4) is 11.5 Å². The van der Waals surface area contributed by atoms with Crippen molar-refractivity contribution >= 4 is 23.2 Å². The van der Waals surface area contributed by atoms with Gasteiger partial charge in [0.15, 0.2) is 11.5 Å². The molecule has 3 aromatic rings. The molecule has 2 N–H and O–H groups in total. The van der Waals surface area contributed by atoms with Crippen molar-refractivity contribution in [3.05, 3.63) is 89.2 Å². The maximum absolute atomic E-state index is 13.5. The van der Waals surface area contributed by atoms with Gasteiger partial charge in [0.25, 0.3) is 0 Å². The Labute approximate surface area is 201 Å². The predicted octanol–water partition coefficient (Wildman–Crippen LogP) is 4.49. The molecule has 178 valence electrons. The quantitative estimate of drug-likeness (QED) is 0.359. The summed E-state index contributed by atoms with van der Waals surface area (Å²) in [6.45, 7) is 3.26. The zero-order valence-corrected chi connectivity index (χ0v) is 19.6. The minimum Gasteiger partial charge on any atom is -0.503 e. The van der Waals surface area contributed by atoms with Crippen LogP contribution >= 0.6 is 12.2 Å². The van der Waals surface area contributed by atoms with E-state index in [-0.39, 0.29) is 22.2 Å². The molecular formula is C25H24F2N2O4S. The summed E-state index contributed by atoms with van der Waals surface area (Å²) in [5, 5.41) is 13.0. The van der Waals surface area contributed by atoms with Crippen LogP contribution in [-0.4, -0.2) is 40.3 Å². The highest BCUT2D eigenvalue weighted by molar-refractivity contribution is 7.80. The molecule has 0 bridgehead atoms. The van der Waals surface area contributed by atoms with Crippen molar-refractivity contribution in [2.45, 2.75) is 31.9 Å². The van der Waals surface area contributed by atoms with E-state index in [9.17, 15) is 18.7 Å². The van der Waals surface area contributed by atoms with E-state index in [1.807, 2.05) is 0 Å². The highest BCUT2D eigenvalue weighted by Gasteiger charge is 2.28. The van der Waals surface area contributed by atoms with Gasteiger partial charge >= 0.3 is 5.97 Å². The van der Waals surface area contributed by atoms with Gasteiger partial charge in [0.05, 0.1) is 7.11 Å². The first-order valence-electron chi connectivity index (χ1n) is 10.5. The predicted molar refractivity (Wildman–Crippen MR) is 127 cm³/mol. The Morgan fingerprint density at radius 3 is 2.03 bits per heavy atom. The number of rotatable bonds is 8. The SMILES string of the molecule is COc1ccnc(C(=S)N[C@H](C)C(=O)O[C@@H](C)C(c2ccc(F)cc2)c2ccc(F)cc2)c1O. The third kappa shape index (κ3) is 5.85. The molecule has 1 heterocycles. The number of thiocarbonyl (C=S) groups is 1. The average Bonchev–Trinajstić information content (AvgIpc) is 2.81. The number of aromatic hydroxyl groups is 1. The Balaban J connectivity index is 1.76. The van der Waals surface area contributed by atoms with E-state index in [2.05, 4.69) is 10.3 Å². The van der Waals surface area contributed by atoms with Crippen molar-refractivity contribution in [2.75, 3.05) is 7.11 Å². The maximum Gasteiger partial charge on any atom is 0.328 e. The first-order valence-corrected chi connectivity index (χ1v) is 10.9. The average molecular weight is 487 g/mol. The molecule has 0 amide bonds. The zero-order chi connectivity index (χ0) is 24.8. The number of esters is 1. The minimum atomic E-state index is -0.871. The monoisotopic (exact) mass is 486 g/mol. The lowest BCUT2D eigenvalue weighted by Crippen LogP contribution is -2.41. The zero-order valence-electron chi connectivity index (χ0n) is 18.8. The fourth-order valence-corrected chi connectivity index (χ4v) is 3.85. The van der Waals surface area contributed by atoms with Gasteiger partial charge < -0.3 is 19.9 Å². The Morgan fingerprint density at radius 1 is 1.00 bits per heavy atom. The van der Waals surface area contributed by atoms with Gasteiger partial charge in [0.1, 0.15) is 34.5 Å². The Bertz CT molecular complexity index is 1110. The normalized spacial score (nSPS) is 12.6. The topological polar surface area (TPSA) is 80.7 Å². The molecule has 2 aromatic carbocycles. The molecule has 34 heavy (non-hydrogen) atoms. The molecule has 0 saturated carbocycles. The summed E-state index contributed by atoms with van der Waals surface area (Å²) < 4.78 is 37.7. The van der Waals surface area contributed by atoms with E-state index in [1.165, 1.54) is 43.6 Å². The summed E-state index contributed by atoms with van der Waals surface area (Å²) in [5.41, 5.74) is 1.47. The molecule has 0 saturated heterocycles. The number of halogens is 2. The molecule has 0 fully saturated rings. The van der Waals surface area contributed by atoms with E-state index in [0.29, 0.717) is 11.1 Å². The van der Waals surface area contributed by atoms with E-state index in [1.54, 1.807) is 38.1 Å². The summed E-state index contributed by atoms with van der Waals surface area (Å²) in [5.74, 6) is -1.91. The second kappa shape index (κ2) is 11.0. The summed E-state index contributed by atoms with van der Waals surface area (Å²) >= 11 is 5.29. The van der Waals surface area contributed by atoms with Gasteiger partial charge in [-0.25, -0.2) is 18.6 Å². The molecular weight excluding hydrogens is 462 g/mol. The van der Waals surface area contributed by atoms with Gasteiger partial charge in [-0.3, -0.25) is 0 Å². The number of hydrogen-bond donors (Lipinski definition) is 2. The summed E-state index contributed by atoms with van der Waals surface area (Å²) in [6, 6.07) is 12.3. The summed E-state index contributed by atoms with van der Waals surface area (Å²) in [7, 11) is 1.40. The lowest BCUT2D eigenvalue weighted by molar-refractivity contribution is -0.150. The number of ether oxygens (including phenoxy) is 2. The fourth-order valence-electron chi connectivity index (χ4n) is 3.52. The number of carbonyl (C=O) groups is 1. The lowest BCUT2D eigenvalue weighted by atomic mass is 9.87. The Hall–Kier alpha value is -3.59. The van der Waals surface area contributed by atoms with Crippen LogP contribution in [0.25, 0.3) is 0 Å². The molecule has 0 aliphatic rings. The second-order valence-electron chi connectivity index (χ2n) is 7.63. The molecule has 0 aliphatic carbocycles. The maximum atomic E-state index is 13.5. The number of hydrogen-bond acceptors (Lipinski definition) is 6. The van der Waals surface area contributed by atoms with Crippen molar-refractivity contribution in [1.82, 2.24) is 10.3 Å². The van der Waals surface area contributed by atoms with Gasteiger partial charge in [0, 0.05) is 18.2 Å². The number of aromatic nitrogens is 1. The van der Waals surface area contributed by atoms with Crippen molar-refractivity contribution in [1.29, 1.82) is 0 Å². The molecule has 2 atom stereocenters. The number of methoxy groups -OCH3 is 1. The number of pyridine rings is 1. The second-order valence-corrected chi connectivity index (χ2v) is 8.04. The number of carbonyl (C=O) groups excluding carboxylic acids is 1. The lowest BCUT2D eigenvalue weighted by Gasteiger charge is -2.27. The van der Waals surface area contributed by atoms with Crippen LogP contribution in [0, 0.1) is 11.6 Å². The van der Waals surface area contributed by atoms with Crippen LogP contribution in [0.1, 0.15) is 36.6 Å². The van der Waals surface area contributed by atoms with Crippen LogP contribution < -0.4 is 10.1 Å². The van der Waals surface area contributed by atoms with E-state index in [0.717, 1.165) is 0 Å². The number of nitrogens with zero attached hydrogens (tertiary/aromatic N) is 1. The smallest absolute Gasteiger partial charge is 0.328 e. The van der Waals surface area contributed by atoms with Crippen LogP contribution in [0.3, 0.4) is 0 Å². The Kier molecular flexibility index (Phi) is 8.12. The largest absolute Gasteiger partial charge is 0.503 e. The summed E-state index contributed by atoms with van der Waals surface area (Å²) in [4.78, 5) is 16.9. The van der Waals surface area contributed by atoms with Gasteiger partial charge in [-0.1, -0.05) is 36.5 Å². The number of benzene rings is 2. The van der Waals surface area contributed by atoms with Crippen LogP contribution in [0.4, 0.5) is 8.78 Å². The molecule has 0 aliphatic heterocycles. The molecule has 9 heteroatoms. The fraction of sp³-hybridized carbons (Fsp3) is 0.240. The Morgan fingerprint density at radius 2 is 1.53 bits per heavy atom. The highest BCUT2D eigenvalue weighted by atomic mass is 32.1. The summed E-state index contributed by atoms with van der Waals surface area (Å²) in [6.07, 6.45) is 0.743. The van der Waals surface area contributed by atoms with Crippen LogP contribution in [0.15, 0.2) is 60.8 Å². The van der Waals surface area contributed by atoms with Crippen LogP contribution in [0.2, 0.25) is 0 Å². The first kappa shape index (κ1) is 25.0. The third-order valence-electron chi connectivity index (χ3n) is 5.25. The van der Waals surface area contributed by atoms with E-state index < -0.39 is 35.7 Å². The molecule has 0 spiro atoms. The van der Waals surface area contributed by atoms with E-state index in [4.69, 9.17) is 21.7 Å². The molecule has 1 aromatic heterocycles. The molecule has 0 unspecified atom stereocenters. The van der Waals surface area contributed by atoms with E-state index >= 15 is 0 Å².